The number of hydrogen-bond donors (Lipinski definition) is 1. The van der Waals surface area contributed by atoms with E-state index in [4.69, 9.17) is 19.9 Å². The summed E-state index contributed by atoms with van der Waals surface area (Å²) in [4.78, 5) is 11.9. The predicted octanol–water partition coefficient (Wildman–Crippen LogP) is 4.48. The van der Waals surface area contributed by atoms with Crippen LogP contribution < -0.4 is 5.73 Å². The highest BCUT2D eigenvalue weighted by Crippen LogP contribution is 2.37. The fourth-order valence-electron chi connectivity index (χ4n) is 1.69. The van der Waals surface area contributed by atoms with E-state index < -0.39 is 17.5 Å². The number of hydrogen-bond acceptors (Lipinski definition) is 5. The summed E-state index contributed by atoms with van der Waals surface area (Å²) in [6.07, 6.45) is 0.897. The van der Waals surface area contributed by atoms with Crippen molar-refractivity contribution in [1.82, 2.24) is 0 Å². The Morgan fingerprint density at radius 3 is 1.83 bits per heavy atom. The molecule has 5 nitrogen and oxygen atoms in total. The zero-order valence-corrected chi connectivity index (χ0v) is 16.5. The van der Waals surface area contributed by atoms with Crippen LogP contribution in [0.25, 0.3) is 0 Å². The molecule has 0 aliphatic carbocycles. The Kier molecular flexibility index (Phi) is 7.57. The molecule has 0 unspecified atom stereocenters. The van der Waals surface area contributed by atoms with Crippen molar-refractivity contribution in [3.63, 3.8) is 0 Å². The molecule has 0 bridgehead atoms. The standard InChI is InChI=1S/C18H37NO4/c1-15(2,3)10-12-21-14(20)23-17(6,7)16(4,5)11-13-22-18(8,9)19/h10-13,19H2,1-9H3. The fraction of sp³-hybridized carbons (Fsp3) is 0.944. The van der Waals surface area contributed by atoms with Crippen LogP contribution in [0.3, 0.4) is 0 Å². The van der Waals surface area contributed by atoms with Gasteiger partial charge in [0.1, 0.15) is 11.3 Å². The van der Waals surface area contributed by atoms with Gasteiger partial charge in [0.15, 0.2) is 0 Å². The summed E-state index contributed by atoms with van der Waals surface area (Å²) in [5.41, 5.74) is 4.33. The maximum absolute atomic E-state index is 11.9. The van der Waals surface area contributed by atoms with Crippen LogP contribution in [0.1, 0.15) is 75.2 Å². The SMILES string of the molecule is CC(C)(C)CCOC(=O)OC(C)(C)C(C)(C)CCOC(C)(C)N. The summed E-state index contributed by atoms with van der Waals surface area (Å²) in [6, 6.07) is 0. The van der Waals surface area contributed by atoms with E-state index in [0.29, 0.717) is 13.2 Å². The third-order valence-electron chi connectivity index (χ3n) is 4.24. The molecule has 23 heavy (non-hydrogen) atoms. The van der Waals surface area contributed by atoms with Crippen LogP contribution in [0, 0.1) is 10.8 Å². The Morgan fingerprint density at radius 2 is 1.39 bits per heavy atom. The second-order valence-electron chi connectivity index (χ2n) is 9.11. The van der Waals surface area contributed by atoms with Gasteiger partial charge < -0.3 is 19.9 Å². The molecule has 0 amide bonds. The molecule has 0 aromatic carbocycles. The van der Waals surface area contributed by atoms with E-state index in [2.05, 4.69) is 20.8 Å². The van der Waals surface area contributed by atoms with Crippen molar-refractivity contribution < 1.29 is 19.0 Å². The number of nitrogens with two attached hydrogens (primary N) is 1. The Bertz CT molecular complexity index is 375. The maximum Gasteiger partial charge on any atom is 0.508 e. The van der Waals surface area contributed by atoms with Crippen molar-refractivity contribution in [1.29, 1.82) is 0 Å². The lowest BCUT2D eigenvalue weighted by atomic mass is 9.75. The van der Waals surface area contributed by atoms with Crippen molar-refractivity contribution in [3.8, 4) is 0 Å². The quantitative estimate of drug-likeness (QED) is 0.524. The van der Waals surface area contributed by atoms with E-state index in [-0.39, 0.29) is 10.8 Å². The molecule has 0 saturated heterocycles. The summed E-state index contributed by atoms with van der Waals surface area (Å²) in [5.74, 6) is 0. The van der Waals surface area contributed by atoms with E-state index in [9.17, 15) is 4.79 Å². The summed E-state index contributed by atoms with van der Waals surface area (Å²) >= 11 is 0. The van der Waals surface area contributed by atoms with Gasteiger partial charge in [-0.2, -0.15) is 0 Å². The van der Waals surface area contributed by atoms with Crippen LogP contribution in [-0.4, -0.2) is 30.7 Å². The molecule has 0 atom stereocenters. The first-order chi connectivity index (χ1) is 10.1. The van der Waals surface area contributed by atoms with Crippen molar-refractivity contribution >= 4 is 6.16 Å². The van der Waals surface area contributed by atoms with Crippen LogP contribution in [0.2, 0.25) is 0 Å². The first-order valence-electron chi connectivity index (χ1n) is 8.34. The van der Waals surface area contributed by atoms with Gasteiger partial charge in [-0.1, -0.05) is 34.6 Å². The molecule has 0 rings (SSSR count). The average molecular weight is 331 g/mol. The van der Waals surface area contributed by atoms with Crippen LogP contribution >= 0.6 is 0 Å². The van der Waals surface area contributed by atoms with E-state index in [1.54, 1.807) is 0 Å². The van der Waals surface area contributed by atoms with Crippen LogP contribution in [-0.2, 0) is 14.2 Å². The Labute approximate surface area is 142 Å². The van der Waals surface area contributed by atoms with Crippen molar-refractivity contribution in [3.05, 3.63) is 0 Å². The molecule has 138 valence electrons. The van der Waals surface area contributed by atoms with Gasteiger partial charge in [0, 0.05) is 12.0 Å². The van der Waals surface area contributed by atoms with Gasteiger partial charge in [-0.25, -0.2) is 4.79 Å². The third-order valence-corrected chi connectivity index (χ3v) is 4.24. The molecule has 0 saturated carbocycles. The number of carbonyl (C=O) groups is 1. The normalized spacial score (nSPS) is 13.8. The molecule has 0 aliphatic rings. The topological polar surface area (TPSA) is 70.8 Å². The van der Waals surface area contributed by atoms with Gasteiger partial charge in [-0.05, 0) is 46.0 Å². The number of ether oxygens (including phenoxy) is 3. The smallest absolute Gasteiger partial charge is 0.434 e. The van der Waals surface area contributed by atoms with E-state index in [1.165, 1.54) is 0 Å². The zero-order chi connectivity index (χ0) is 18.5. The second-order valence-corrected chi connectivity index (χ2v) is 9.11. The highest BCUT2D eigenvalue weighted by Gasteiger charge is 2.41. The molecule has 0 fully saturated rings. The number of carbonyl (C=O) groups excluding carboxylic acids is 1. The van der Waals surface area contributed by atoms with Crippen LogP contribution in [0.4, 0.5) is 4.79 Å². The predicted molar refractivity (Wildman–Crippen MR) is 93.2 cm³/mol. The monoisotopic (exact) mass is 331 g/mol. The van der Waals surface area contributed by atoms with Gasteiger partial charge in [0.2, 0.25) is 0 Å². The van der Waals surface area contributed by atoms with Gasteiger partial charge in [0.25, 0.3) is 0 Å². The molecule has 0 aromatic rings. The summed E-state index contributed by atoms with van der Waals surface area (Å²) in [6.45, 7) is 18.7. The van der Waals surface area contributed by atoms with Gasteiger partial charge in [-0.3, -0.25) is 0 Å². The molecule has 2 N–H and O–H groups in total. The second kappa shape index (κ2) is 7.84. The fourth-order valence-corrected chi connectivity index (χ4v) is 1.69. The number of rotatable bonds is 8. The van der Waals surface area contributed by atoms with Crippen molar-refractivity contribution in [2.24, 2.45) is 16.6 Å². The van der Waals surface area contributed by atoms with Crippen molar-refractivity contribution in [2.75, 3.05) is 13.2 Å². The molecule has 0 radical (unpaired) electrons. The van der Waals surface area contributed by atoms with E-state index >= 15 is 0 Å². The van der Waals surface area contributed by atoms with E-state index in [0.717, 1.165) is 12.8 Å². The average Bonchev–Trinajstić information content (AvgIpc) is 2.23. The molecule has 5 heteroatoms. The van der Waals surface area contributed by atoms with Crippen molar-refractivity contribution in [2.45, 2.75) is 86.5 Å². The van der Waals surface area contributed by atoms with Gasteiger partial charge >= 0.3 is 6.16 Å². The summed E-state index contributed by atoms with van der Waals surface area (Å²) < 4.78 is 16.3. The lowest BCUT2D eigenvalue weighted by Gasteiger charge is -2.40. The minimum atomic E-state index is -0.673. The first-order valence-corrected chi connectivity index (χ1v) is 8.34. The molecular formula is C18H37NO4. The Morgan fingerprint density at radius 1 is 0.870 bits per heavy atom. The highest BCUT2D eigenvalue weighted by molar-refractivity contribution is 5.60. The minimum absolute atomic E-state index is 0.126. The van der Waals surface area contributed by atoms with Crippen LogP contribution in [0.5, 0.6) is 0 Å². The molecular weight excluding hydrogens is 294 g/mol. The maximum atomic E-state index is 11.9. The summed E-state index contributed by atoms with van der Waals surface area (Å²) in [7, 11) is 0. The van der Waals surface area contributed by atoms with Crippen LogP contribution in [0.15, 0.2) is 0 Å². The van der Waals surface area contributed by atoms with Gasteiger partial charge in [-0.15, -0.1) is 0 Å². The molecule has 0 aromatic heterocycles. The zero-order valence-electron chi connectivity index (χ0n) is 16.5. The highest BCUT2D eigenvalue weighted by atomic mass is 16.7. The summed E-state index contributed by atoms with van der Waals surface area (Å²) in [5, 5.41) is 0. The molecule has 0 heterocycles. The molecule has 0 spiro atoms. The third kappa shape index (κ3) is 9.82. The Balaban J connectivity index is 4.44. The first kappa shape index (κ1) is 22.2. The largest absolute Gasteiger partial charge is 0.508 e. The van der Waals surface area contributed by atoms with Gasteiger partial charge in [0.05, 0.1) is 6.61 Å². The Hall–Kier alpha value is -0.810. The lowest BCUT2D eigenvalue weighted by molar-refractivity contribution is -0.0991. The lowest BCUT2D eigenvalue weighted by Crippen LogP contribution is -2.45. The van der Waals surface area contributed by atoms with E-state index in [1.807, 2.05) is 41.5 Å². The minimum Gasteiger partial charge on any atom is -0.434 e. The molecule has 0 aliphatic heterocycles.